The molecule has 0 unspecified atom stereocenters. The van der Waals surface area contributed by atoms with E-state index in [-0.39, 0.29) is 5.56 Å². The van der Waals surface area contributed by atoms with Crippen molar-refractivity contribution in [3.05, 3.63) is 35.4 Å². The molecule has 0 aromatic heterocycles. The van der Waals surface area contributed by atoms with Gasteiger partial charge in [0, 0.05) is 11.1 Å². The molecular weight excluding hydrogens is 202 g/mol. The second kappa shape index (κ2) is 4.09. The molecule has 0 radical (unpaired) electrons. The monoisotopic (exact) mass is 210 g/mol. The molecule has 0 bridgehead atoms. The molecule has 1 rings (SSSR count). The molecule has 2 nitrogen and oxygen atoms in total. The van der Waals surface area contributed by atoms with Crippen LogP contribution in [-0.2, 0) is 10.7 Å². The first-order valence-corrected chi connectivity index (χ1v) is 4.12. The third-order valence-corrected chi connectivity index (χ3v) is 1.82. The molecule has 0 aliphatic rings. The van der Waals surface area contributed by atoms with E-state index in [1.807, 2.05) is 0 Å². The predicted octanol–water partition coefficient (Wildman–Crippen LogP) is 2.23. The number of rotatable bonds is 3. The third kappa shape index (κ3) is 2.78. The Bertz CT molecular complexity index is 419. The van der Waals surface area contributed by atoms with Crippen LogP contribution in [-0.4, -0.2) is 11.1 Å². The van der Waals surface area contributed by atoms with Gasteiger partial charge in [-0.15, -0.1) is 6.42 Å². The predicted molar refractivity (Wildman–Crippen MR) is 50.5 cm³/mol. The van der Waals surface area contributed by atoms with Crippen molar-refractivity contribution in [1.82, 2.24) is 0 Å². The van der Waals surface area contributed by atoms with Crippen molar-refractivity contribution in [2.75, 3.05) is 0 Å². The number of terminal acetylenes is 1. The van der Waals surface area contributed by atoms with E-state index in [0.717, 1.165) is 12.1 Å². The average Bonchev–Trinajstić information content (AvgIpc) is 2.16. The van der Waals surface area contributed by atoms with Crippen LogP contribution in [0.1, 0.15) is 17.5 Å². The summed E-state index contributed by atoms with van der Waals surface area (Å²) in [6.07, 6.45) is 3.82. The Morgan fingerprint density at radius 1 is 1.53 bits per heavy atom. The van der Waals surface area contributed by atoms with Crippen molar-refractivity contribution in [2.24, 2.45) is 0 Å². The zero-order chi connectivity index (χ0) is 11.5. The van der Waals surface area contributed by atoms with Crippen molar-refractivity contribution in [1.29, 1.82) is 0 Å². The Kier molecular flexibility index (Phi) is 3.05. The standard InChI is InChI=1S/C11H8F2O2/c1-2-8-4-3-5-9(6-8)11(12,13)7-10(14)15/h1,3-6H,7H2,(H,14,15). The van der Waals surface area contributed by atoms with Crippen LogP contribution in [0.15, 0.2) is 24.3 Å². The molecule has 0 amide bonds. The zero-order valence-electron chi connectivity index (χ0n) is 7.71. The fourth-order valence-electron chi connectivity index (χ4n) is 1.13. The summed E-state index contributed by atoms with van der Waals surface area (Å²) >= 11 is 0. The van der Waals surface area contributed by atoms with Crippen LogP contribution in [0.2, 0.25) is 0 Å². The molecule has 0 fully saturated rings. The fourth-order valence-corrected chi connectivity index (χ4v) is 1.13. The summed E-state index contributed by atoms with van der Waals surface area (Å²) in [6.45, 7) is 0. The van der Waals surface area contributed by atoms with Gasteiger partial charge in [-0.25, -0.2) is 8.78 Å². The molecule has 0 heterocycles. The zero-order valence-corrected chi connectivity index (χ0v) is 7.71. The van der Waals surface area contributed by atoms with E-state index in [9.17, 15) is 13.6 Å². The molecule has 15 heavy (non-hydrogen) atoms. The van der Waals surface area contributed by atoms with Gasteiger partial charge in [0.1, 0.15) is 6.42 Å². The number of hydrogen-bond acceptors (Lipinski definition) is 1. The van der Waals surface area contributed by atoms with Crippen LogP contribution in [0.3, 0.4) is 0 Å². The van der Waals surface area contributed by atoms with Gasteiger partial charge in [0.05, 0.1) is 0 Å². The Labute approximate surface area is 85.5 Å². The first kappa shape index (κ1) is 11.2. The molecule has 0 atom stereocenters. The van der Waals surface area contributed by atoms with Crippen LogP contribution in [0, 0.1) is 12.3 Å². The molecule has 1 aromatic carbocycles. The Morgan fingerprint density at radius 3 is 2.73 bits per heavy atom. The highest BCUT2D eigenvalue weighted by molar-refractivity contribution is 5.68. The number of carboxylic acid groups (broad SMARTS) is 1. The van der Waals surface area contributed by atoms with Crippen LogP contribution >= 0.6 is 0 Å². The van der Waals surface area contributed by atoms with Crippen LogP contribution < -0.4 is 0 Å². The van der Waals surface area contributed by atoms with Crippen LogP contribution in [0.5, 0.6) is 0 Å². The van der Waals surface area contributed by atoms with Crippen molar-refractivity contribution in [2.45, 2.75) is 12.3 Å². The van der Waals surface area contributed by atoms with Crippen molar-refractivity contribution >= 4 is 5.97 Å². The third-order valence-electron chi connectivity index (χ3n) is 1.82. The molecule has 1 N–H and O–H groups in total. The first-order valence-electron chi connectivity index (χ1n) is 4.12. The molecule has 0 aliphatic carbocycles. The lowest BCUT2D eigenvalue weighted by Gasteiger charge is -2.14. The minimum atomic E-state index is -3.39. The summed E-state index contributed by atoms with van der Waals surface area (Å²) in [5, 5.41) is 8.32. The van der Waals surface area contributed by atoms with Crippen LogP contribution in [0.25, 0.3) is 0 Å². The van der Waals surface area contributed by atoms with E-state index in [4.69, 9.17) is 11.5 Å². The maximum Gasteiger partial charge on any atom is 0.309 e. The van der Waals surface area contributed by atoms with Gasteiger partial charge in [0.25, 0.3) is 5.92 Å². The van der Waals surface area contributed by atoms with Gasteiger partial charge >= 0.3 is 5.97 Å². The number of carbonyl (C=O) groups is 1. The lowest BCUT2D eigenvalue weighted by atomic mass is 10.0. The maximum atomic E-state index is 13.3. The second-order valence-electron chi connectivity index (χ2n) is 3.00. The van der Waals surface area contributed by atoms with E-state index in [1.54, 1.807) is 0 Å². The highest BCUT2D eigenvalue weighted by Crippen LogP contribution is 2.31. The van der Waals surface area contributed by atoms with E-state index in [2.05, 4.69) is 5.92 Å². The summed E-state index contributed by atoms with van der Waals surface area (Å²) in [5.41, 5.74) is -0.0714. The number of carboxylic acids is 1. The number of aliphatic carboxylic acids is 1. The summed E-state index contributed by atoms with van der Waals surface area (Å²) in [4.78, 5) is 10.2. The first-order chi connectivity index (χ1) is 6.95. The van der Waals surface area contributed by atoms with E-state index < -0.39 is 18.3 Å². The summed E-state index contributed by atoms with van der Waals surface area (Å²) in [7, 11) is 0. The van der Waals surface area contributed by atoms with Gasteiger partial charge in [0.2, 0.25) is 0 Å². The topological polar surface area (TPSA) is 37.3 Å². The minimum Gasteiger partial charge on any atom is -0.481 e. The minimum absolute atomic E-state index is 0.303. The molecular formula is C11H8F2O2. The maximum absolute atomic E-state index is 13.3. The molecule has 0 saturated carbocycles. The van der Waals surface area contributed by atoms with Gasteiger partial charge in [-0.05, 0) is 12.1 Å². The molecule has 0 aliphatic heterocycles. The highest BCUT2D eigenvalue weighted by atomic mass is 19.3. The number of alkyl halides is 2. The van der Waals surface area contributed by atoms with Gasteiger partial charge < -0.3 is 5.11 Å². The second-order valence-corrected chi connectivity index (χ2v) is 3.00. The summed E-state index contributed by atoms with van der Waals surface area (Å²) in [5.74, 6) is -2.73. The fraction of sp³-hybridized carbons (Fsp3) is 0.182. The molecule has 0 saturated heterocycles. The number of halogens is 2. The van der Waals surface area contributed by atoms with E-state index in [1.165, 1.54) is 12.1 Å². The Balaban J connectivity index is 3.04. The lowest BCUT2D eigenvalue weighted by molar-refractivity contribution is -0.145. The van der Waals surface area contributed by atoms with Crippen LogP contribution in [0.4, 0.5) is 8.78 Å². The van der Waals surface area contributed by atoms with Gasteiger partial charge in [0.15, 0.2) is 0 Å². The normalized spacial score (nSPS) is 10.7. The molecule has 4 heteroatoms. The number of hydrogen-bond donors (Lipinski definition) is 1. The van der Waals surface area contributed by atoms with E-state index >= 15 is 0 Å². The summed E-state index contributed by atoms with van der Waals surface area (Å²) < 4.78 is 26.5. The quantitative estimate of drug-likeness (QED) is 0.777. The van der Waals surface area contributed by atoms with Gasteiger partial charge in [-0.3, -0.25) is 4.79 Å². The smallest absolute Gasteiger partial charge is 0.309 e. The number of benzene rings is 1. The molecule has 1 aromatic rings. The van der Waals surface area contributed by atoms with Crippen molar-refractivity contribution in [3.63, 3.8) is 0 Å². The Morgan fingerprint density at radius 2 is 2.20 bits per heavy atom. The van der Waals surface area contributed by atoms with Crippen molar-refractivity contribution < 1.29 is 18.7 Å². The highest BCUT2D eigenvalue weighted by Gasteiger charge is 2.34. The SMILES string of the molecule is C#Cc1cccc(C(F)(F)CC(=O)O)c1. The summed E-state index contributed by atoms with van der Waals surface area (Å²) in [6, 6.07) is 5.15. The van der Waals surface area contributed by atoms with E-state index in [0.29, 0.717) is 5.56 Å². The molecule has 78 valence electrons. The average molecular weight is 210 g/mol. The largest absolute Gasteiger partial charge is 0.481 e. The van der Waals surface area contributed by atoms with Gasteiger partial charge in [-0.2, -0.15) is 0 Å². The molecule has 0 spiro atoms. The lowest BCUT2D eigenvalue weighted by Crippen LogP contribution is -2.18. The Hall–Kier alpha value is -1.89. The van der Waals surface area contributed by atoms with Crippen molar-refractivity contribution in [3.8, 4) is 12.3 Å². The van der Waals surface area contributed by atoms with Gasteiger partial charge in [-0.1, -0.05) is 18.1 Å².